The number of rotatable bonds is 3. The van der Waals surface area contributed by atoms with Gasteiger partial charge in [-0.2, -0.15) is 0 Å². The van der Waals surface area contributed by atoms with Crippen LogP contribution < -0.4 is 9.80 Å². The van der Waals surface area contributed by atoms with E-state index in [0.717, 1.165) is 37.4 Å². The number of aromatic nitrogens is 3. The molecule has 1 aliphatic heterocycles. The second-order valence-electron chi connectivity index (χ2n) is 5.85. The van der Waals surface area contributed by atoms with Gasteiger partial charge in [0, 0.05) is 49.2 Å². The van der Waals surface area contributed by atoms with E-state index in [4.69, 9.17) is 0 Å². The first kappa shape index (κ1) is 16.1. The first-order valence-corrected chi connectivity index (χ1v) is 8.41. The largest absolute Gasteiger partial charge is 0.354 e. The highest BCUT2D eigenvalue weighted by molar-refractivity contribution is 9.10. The van der Waals surface area contributed by atoms with E-state index in [1.807, 2.05) is 31.3 Å². The average Bonchev–Trinajstić information content (AvgIpc) is 2.55. The number of halogens is 2. The number of pyridine rings is 1. The quantitative estimate of drug-likeness (QED) is 0.819. The minimum atomic E-state index is -0.284. The van der Waals surface area contributed by atoms with Gasteiger partial charge in [-0.1, -0.05) is 0 Å². The number of hydrogen-bond acceptors (Lipinski definition) is 5. The Morgan fingerprint density at radius 2 is 1.83 bits per heavy atom. The Morgan fingerprint density at radius 3 is 2.43 bits per heavy atom. The van der Waals surface area contributed by atoms with Crippen LogP contribution in [0, 0.1) is 12.7 Å². The van der Waals surface area contributed by atoms with Crippen LogP contribution >= 0.6 is 15.9 Å². The summed E-state index contributed by atoms with van der Waals surface area (Å²) in [7, 11) is 2.02. The van der Waals surface area contributed by atoms with E-state index < -0.39 is 0 Å². The Hall–Kier alpha value is -1.76. The molecule has 2 aromatic rings. The first-order chi connectivity index (χ1) is 11.0. The maximum Gasteiger partial charge on any atom is 0.225 e. The van der Waals surface area contributed by atoms with Crippen molar-refractivity contribution in [3.05, 3.63) is 40.5 Å². The summed E-state index contributed by atoms with van der Waals surface area (Å²) >= 11 is 3.24. The molecule has 3 heterocycles. The highest BCUT2D eigenvalue weighted by atomic mass is 79.9. The maximum absolute atomic E-state index is 14.0. The van der Waals surface area contributed by atoms with E-state index in [2.05, 4.69) is 35.8 Å². The average molecular weight is 380 g/mol. The molecule has 0 atom stereocenters. The molecule has 0 saturated carbocycles. The van der Waals surface area contributed by atoms with Gasteiger partial charge in [0.05, 0.1) is 0 Å². The monoisotopic (exact) mass is 379 g/mol. The molecule has 1 fully saturated rings. The molecule has 0 spiro atoms. The van der Waals surface area contributed by atoms with Crippen LogP contribution in [0.15, 0.2) is 29.1 Å². The summed E-state index contributed by atoms with van der Waals surface area (Å²) in [5.41, 5.74) is 1.05. The second-order valence-corrected chi connectivity index (χ2v) is 6.76. The summed E-state index contributed by atoms with van der Waals surface area (Å²) < 4.78 is 14.7. The Bertz CT molecular complexity index is 671. The molecular weight excluding hydrogens is 361 g/mol. The Labute approximate surface area is 143 Å². The van der Waals surface area contributed by atoms with Crippen molar-refractivity contribution in [3.8, 4) is 0 Å². The lowest BCUT2D eigenvalue weighted by atomic mass is 10.0. The zero-order valence-corrected chi connectivity index (χ0v) is 14.8. The van der Waals surface area contributed by atoms with Crippen LogP contribution in [0.5, 0.6) is 0 Å². The van der Waals surface area contributed by atoms with Gasteiger partial charge in [0.25, 0.3) is 0 Å². The van der Waals surface area contributed by atoms with E-state index in [1.165, 1.54) is 6.07 Å². The summed E-state index contributed by atoms with van der Waals surface area (Å²) in [5, 5.41) is 0. The first-order valence-electron chi connectivity index (χ1n) is 7.62. The fourth-order valence-electron chi connectivity index (χ4n) is 2.84. The molecule has 7 heteroatoms. The maximum atomic E-state index is 14.0. The molecule has 0 aliphatic carbocycles. The van der Waals surface area contributed by atoms with Crippen molar-refractivity contribution in [2.24, 2.45) is 0 Å². The van der Waals surface area contributed by atoms with Crippen molar-refractivity contribution >= 4 is 27.7 Å². The van der Waals surface area contributed by atoms with Gasteiger partial charge in [0.1, 0.15) is 0 Å². The van der Waals surface area contributed by atoms with E-state index >= 15 is 0 Å². The van der Waals surface area contributed by atoms with Crippen LogP contribution in [-0.4, -0.2) is 41.1 Å². The van der Waals surface area contributed by atoms with Crippen LogP contribution in [0.1, 0.15) is 18.4 Å². The van der Waals surface area contributed by atoms with E-state index in [0.29, 0.717) is 16.3 Å². The lowest BCUT2D eigenvalue weighted by molar-refractivity contribution is 0.469. The van der Waals surface area contributed by atoms with Crippen molar-refractivity contribution in [1.29, 1.82) is 0 Å². The van der Waals surface area contributed by atoms with Crippen molar-refractivity contribution in [3.63, 3.8) is 0 Å². The molecule has 3 rings (SSSR count). The van der Waals surface area contributed by atoms with Crippen LogP contribution in [0.2, 0.25) is 0 Å². The van der Waals surface area contributed by atoms with Crippen molar-refractivity contribution in [2.45, 2.75) is 25.8 Å². The molecule has 122 valence electrons. The molecule has 1 aliphatic rings. The lowest BCUT2D eigenvalue weighted by Crippen LogP contribution is -2.44. The fraction of sp³-hybridized carbons (Fsp3) is 0.438. The molecule has 23 heavy (non-hydrogen) atoms. The predicted octanol–water partition coefficient (Wildman–Crippen LogP) is 3.19. The highest BCUT2D eigenvalue weighted by Gasteiger charge is 2.25. The summed E-state index contributed by atoms with van der Waals surface area (Å²) in [6.45, 7) is 3.51. The molecule has 0 bridgehead atoms. The standard InChI is InChI=1S/C16H19BrFN5/c1-11-8-20-16(21-9-11)22(2)13-3-5-23(6-4-13)15-14(18)7-12(17)10-19-15/h7-10,13H,3-6H2,1-2H3. The molecular formula is C16H19BrFN5. The number of piperidine rings is 1. The van der Waals surface area contributed by atoms with Gasteiger partial charge in [-0.05, 0) is 47.3 Å². The second kappa shape index (κ2) is 6.78. The molecule has 0 amide bonds. The molecule has 0 unspecified atom stereocenters. The number of nitrogens with zero attached hydrogens (tertiary/aromatic N) is 5. The Kier molecular flexibility index (Phi) is 4.75. The molecule has 0 N–H and O–H groups in total. The van der Waals surface area contributed by atoms with E-state index in [9.17, 15) is 4.39 Å². The van der Waals surface area contributed by atoms with Gasteiger partial charge in [-0.15, -0.1) is 0 Å². The topological polar surface area (TPSA) is 45.2 Å². The van der Waals surface area contributed by atoms with Gasteiger partial charge in [0.2, 0.25) is 5.95 Å². The Balaban J connectivity index is 1.65. The summed E-state index contributed by atoms with van der Waals surface area (Å²) in [6, 6.07) is 1.81. The third-order valence-corrected chi connectivity index (χ3v) is 4.62. The van der Waals surface area contributed by atoms with Crippen molar-refractivity contribution < 1.29 is 4.39 Å². The van der Waals surface area contributed by atoms with E-state index in [-0.39, 0.29) is 5.82 Å². The minimum absolute atomic E-state index is 0.284. The predicted molar refractivity (Wildman–Crippen MR) is 92.3 cm³/mol. The smallest absolute Gasteiger partial charge is 0.225 e. The normalized spacial score (nSPS) is 15.7. The number of anilines is 2. The SMILES string of the molecule is Cc1cnc(N(C)C2CCN(c3ncc(Br)cc3F)CC2)nc1. The zero-order valence-electron chi connectivity index (χ0n) is 13.2. The third-order valence-electron chi connectivity index (χ3n) is 4.18. The molecule has 0 aromatic carbocycles. The van der Waals surface area contributed by atoms with Crippen LogP contribution in [0.25, 0.3) is 0 Å². The van der Waals surface area contributed by atoms with Gasteiger partial charge >= 0.3 is 0 Å². The number of aryl methyl sites for hydroxylation is 1. The van der Waals surface area contributed by atoms with Crippen LogP contribution in [0.3, 0.4) is 0 Å². The molecule has 5 nitrogen and oxygen atoms in total. The van der Waals surface area contributed by atoms with Gasteiger partial charge < -0.3 is 9.80 Å². The highest BCUT2D eigenvalue weighted by Crippen LogP contribution is 2.25. The van der Waals surface area contributed by atoms with Crippen LogP contribution in [-0.2, 0) is 0 Å². The van der Waals surface area contributed by atoms with E-state index in [1.54, 1.807) is 6.20 Å². The fourth-order valence-corrected chi connectivity index (χ4v) is 3.14. The van der Waals surface area contributed by atoms with Gasteiger partial charge in [0.15, 0.2) is 11.6 Å². The summed E-state index contributed by atoms with van der Waals surface area (Å²) in [4.78, 5) is 17.1. The van der Waals surface area contributed by atoms with Crippen molar-refractivity contribution in [2.75, 3.05) is 29.9 Å². The Morgan fingerprint density at radius 1 is 1.17 bits per heavy atom. The summed E-state index contributed by atoms with van der Waals surface area (Å²) in [6.07, 6.45) is 7.14. The number of hydrogen-bond donors (Lipinski definition) is 0. The van der Waals surface area contributed by atoms with Crippen LogP contribution in [0.4, 0.5) is 16.2 Å². The van der Waals surface area contributed by atoms with Crippen molar-refractivity contribution in [1.82, 2.24) is 15.0 Å². The zero-order chi connectivity index (χ0) is 16.4. The lowest BCUT2D eigenvalue weighted by Gasteiger charge is -2.37. The van der Waals surface area contributed by atoms with Gasteiger partial charge in [-0.25, -0.2) is 19.3 Å². The third kappa shape index (κ3) is 3.60. The molecule has 2 aromatic heterocycles. The molecule has 0 radical (unpaired) electrons. The minimum Gasteiger partial charge on any atom is -0.354 e. The molecule has 1 saturated heterocycles. The summed E-state index contributed by atoms with van der Waals surface area (Å²) in [5.74, 6) is 0.885. The van der Waals surface area contributed by atoms with Gasteiger partial charge in [-0.3, -0.25) is 0 Å².